The van der Waals surface area contributed by atoms with Gasteiger partial charge in [0, 0.05) is 29.6 Å². The van der Waals surface area contributed by atoms with Gasteiger partial charge in [0.2, 0.25) is 0 Å². The van der Waals surface area contributed by atoms with Crippen molar-refractivity contribution in [3.63, 3.8) is 0 Å². The summed E-state index contributed by atoms with van der Waals surface area (Å²) in [5, 5.41) is 33.6. The molecule has 0 unspecified atom stereocenters. The fourth-order valence-electron chi connectivity index (χ4n) is 3.66. The van der Waals surface area contributed by atoms with Gasteiger partial charge in [-0.2, -0.15) is 5.26 Å². The van der Waals surface area contributed by atoms with Gasteiger partial charge in [-0.05, 0) is 30.3 Å². The minimum atomic E-state index is -0.873. The Bertz CT molecular complexity index is 1370. The zero-order chi connectivity index (χ0) is 25.3. The summed E-state index contributed by atoms with van der Waals surface area (Å²) in [6, 6.07) is 16.9. The first kappa shape index (κ1) is 24.3. The van der Waals surface area contributed by atoms with E-state index in [9.17, 15) is 15.2 Å². The summed E-state index contributed by atoms with van der Waals surface area (Å²) in [5.41, 5.74) is 2.23. The summed E-state index contributed by atoms with van der Waals surface area (Å²) < 4.78 is 7.09. The maximum atomic E-state index is 12.9. The Kier molecular flexibility index (Phi) is 7.80. The van der Waals surface area contributed by atoms with Crippen LogP contribution in [0.5, 0.6) is 5.75 Å². The fourth-order valence-corrected chi connectivity index (χ4v) is 3.66. The predicted octanol–water partition coefficient (Wildman–Crippen LogP) is 2.34. The van der Waals surface area contributed by atoms with Crippen LogP contribution >= 0.6 is 0 Å². The van der Waals surface area contributed by atoms with Gasteiger partial charge in [0.05, 0.1) is 26.3 Å². The first-order valence-electron chi connectivity index (χ1n) is 11.1. The maximum Gasteiger partial charge on any atom is 0.252 e. The van der Waals surface area contributed by atoms with E-state index >= 15 is 0 Å². The van der Waals surface area contributed by atoms with Gasteiger partial charge in [-0.25, -0.2) is 9.97 Å². The molecular formula is C25H24N8O3. The normalized spacial score (nSPS) is 11.4. The van der Waals surface area contributed by atoms with Gasteiger partial charge < -0.3 is 25.0 Å². The molecule has 0 aliphatic heterocycles. The van der Waals surface area contributed by atoms with Crippen molar-refractivity contribution in [3.8, 4) is 23.3 Å². The quantitative estimate of drug-likeness (QED) is 0.308. The average molecular weight is 485 g/mol. The van der Waals surface area contributed by atoms with Crippen LogP contribution in [0, 0.1) is 11.3 Å². The lowest BCUT2D eigenvalue weighted by atomic mass is 10.1. The van der Waals surface area contributed by atoms with E-state index in [0.29, 0.717) is 53.0 Å². The standard InChI is InChI=1S/C25H24N8O3/c1-36-22-8-3-2-7-19(22)21(14-26)30-25(35)17-5-4-6-18(13-17)28-15-23-31-32-24(33(23)11-12-34)20-9-10-27-16-29-20/h2-10,13,16,21,28,34H,11-12,15H2,1H3,(H,30,35)/t21-/m1/s1. The Labute approximate surface area is 207 Å². The molecule has 2 aromatic carbocycles. The molecule has 1 amide bonds. The Morgan fingerprint density at radius 3 is 2.81 bits per heavy atom. The van der Waals surface area contributed by atoms with Crippen LogP contribution in [0.25, 0.3) is 11.5 Å². The smallest absolute Gasteiger partial charge is 0.252 e. The molecule has 36 heavy (non-hydrogen) atoms. The Morgan fingerprint density at radius 1 is 1.19 bits per heavy atom. The van der Waals surface area contributed by atoms with Crippen molar-refractivity contribution in [1.29, 1.82) is 5.26 Å². The van der Waals surface area contributed by atoms with Crippen LogP contribution in [0.3, 0.4) is 0 Å². The molecule has 11 heteroatoms. The van der Waals surface area contributed by atoms with E-state index in [1.807, 2.05) is 6.07 Å². The number of nitrogens with one attached hydrogen (secondary N) is 2. The number of ether oxygens (including phenoxy) is 1. The van der Waals surface area contributed by atoms with Gasteiger partial charge >= 0.3 is 0 Å². The molecular weight excluding hydrogens is 460 g/mol. The molecule has 0 fully saturated rings. The lowest BCUT2D eigenvalue weighted by Crippen LogP contribution is -2.28. The van der Waals surface area contributed by atoms with Crippen LogP contribution in [-0.2, 0) is 13.1 Å². The highest BCUT2D eigenvalue weighted by molar-refractivity contribution is 5.95. The largest absolute Gasteiger partial charge is 0.496 e. The summed E-state index contributed by atoms with van der Waals surface area (Å²) in [5.74, 6) is 1.24. The number of methoxy groups -OCH3 is 1. The van der Waals surface area contributed by atoms with Gasteiger partial charge in [0.1, 0.15) is 23.8 Å². The number of amides is 1. The van der Waals surface area contributed by atoms with Gasteiger partial charge in [-0.3, -0.25) is 4.79 Å². The average Bonchev–Trinajstić information content (AvgIpc) is 3.33. The van der Waals surface area contributed by atoms with Crippen molar-refractivity contribution >= 4 is 11.6 Å². The van der Waals surface area contributed by atoms with E-state index in [4.69, 9.17) is 4.74 Å². The third-order valence-corrected chi connectivity index (χ3v) is 5.39. The predicted molar refractivity (Wildman–Crippen MR) is 131 cm³/mol. The molecule has 3 N–H and O–H groups in total. The summed E-state index contributed by atoms with van der Waals surface area (Å²) in [6.45, 7) is 0.501. The lowest BCUT2D eigenvalue weighted by Gasteiger charge is -2.15. The number of aromatic nitrogens is 5. The first-order valence-corrected chi connectivity index (χ1v) is 11.1. The summed E-state index contributed by atoms with van der Waals surface area (Å²) in [4.78, 5) is 21.0. The molecule has 4 aromatic rings. The molecule has 2 aromatic heterocycles. The molecule has 11 nitrogen and oxygen atoms in total. The molecule has 0 spiro atoms. The van der Waals surface area contributed by atoms with Crippen molar-refractivity contribution in [2.75, 3.05) is 19.0 Å². The van der Waals surface area contributed by atoms with E-state index in [1.165, 1.54) is 13.4 Å². The third kappa shape index (κ3) is 5.45. The Morgan fingerprint density at radius 2 is 2.06 bits per heavy atom. The lowest BCUT2D eigenvalue weighted by molar-refractivity contribution is 0.0945. The number of para-hydroxylation sites is 1. The van der Waals surface area contributed by atoms with Crippen molar-refractivity contribution in [1.82, 2.24) is 30.0 Å². The third-order valence-electron chi connectivity index (χ3n) is 5.39. The number of nitrogens with zero attached hydrogens (tertiary/aromatic N) is 6. The molecule has 0 aliphatic rings. The first-order chi connectivity index (χ1) is 17.6. The molecule has 4 rings (SSSR count). The number of benzene rings is 2. The highest BCUT2D eigenvalue weighted by Gasteiger charge is 2.19. The minimum Gasteiger partial charge on any atom is -0.496 e. The molecule has 0 saturated heterocycles. The summed E-state index contributed by atoms with van der Waals surface area (Å²) in [6.07, 6.45) is 3.03. The second kappa shape index (κ2) is 11.5. The van der Waals surface area contributed by atoms with Crippen molar-refractivity contribution < 1.29 is 14.6 Å². The molecule has 0 bridgehead atoms. The number of hydrogen-bond acceptors (Lipinski definition) is 9. The summed E-state index contributed by atoms with van der Waals surface area (Å²) >= 11 is 0. The number of carbonyl (C=O) groups is 1. The van der Waals surface area contributed by atoms with Crippen LogP contribution in [0.4, 0.5) is 5.69 Å². The number of aliphatic hydroxyl groups excluding tert-OH is 1. The minimum absolute atomic E-state index is 0.0922. The SMILES string of the molecule is COc1ccccc1[C@@H](C#N)NC(=O)c1cccc(NCc2nnc(-c3ccncn3)n2CCO)c1. The second-order valence-corrected chi connectivity index (χ2v) is 7.62. The number of aliphatic hydroxyl groups is 1. The summed E-state index contributed by atoms with van der Waals surface area (Å²) in [7, 11) is 1.52. The maximum absolute atomic E-state index is 12.9. The van der Waals surface area contributed by atoms with E-state index in [-0.39, 0.29) is 6.61 Å². The van der Waals surface area contributed by atoms with E-state index in [1.54, 1.807) is 59.3 Å². The molecule has 0 aliphatic carbocycles. The fraction of sp³-hybridized carbons (Fsp3) is 0.200. The van der Waals surface area contributed by atoms with E-state index < -0.39 is 11.9 Å². The second-order valence-electron chi connectivity index (χ2n) is 7.62. The number of nitriles is 1. The zero-order valence-electron chi connectivity index (χ0n) is 19.5. The van der Waals surface area contributed by atoms with Crippen LogP contribution in [0.1, 0.15) is 27.8 Å². The topological polar surface area (TPSA) is 151 Å². The van der Waals surface area contributed by atoms with Crippen molar-refractivity contribution in [3.05, 3.63) is 84.1 Å². The van der Waals surface area contributed by atoms with E-state index in [2.05, 4.69) is 36.9 Å². The van der Waals surface area contributed by atoms with E-state index in [0.717, 1.165) is 0 Å². The van der Waals surface area contributed by atoms with Gasteiger partial charge in [0.25, 0.3) is 5.91 Å². The molecule has 2 heterocycles. The van der Waals surface area contributed by atoms with Gasteiger partial charge in [-0.15, -0.1) is 10.2 Å². The van der Waals surface area contributed by atoms with Gasteiger partial charge in [0.15, 0.2) is 11.6 Å². The Hall–Kier alpha value is -4.82. The van der Waals surface area contributed by atoms with Crippen LogP contribution in [0.15, 0.2) is 67.1 Å². The van der Waals surface area contributed by atoms with Crippen LogP contribution < -0.4 is 15.4 Å². The molecule has 182 valence electrons. The zero-order valence-corrected chi connectivity index (χ0v) is 19.5. The van der Waals surface area contributed by atoms with Crippen molar-refractivity contribution in [2.24, 2.45) is 0 Å². The highest BCUT2D eigenvalue weighted by atomic mass is 16.5. The van der Waals surface area contributed by atoms with Crippen molar-refractivity contribution in [2.45, 2.75) is 19.1 Å². The molecule has 1 atom stereocenters. The monoisotopic (exact) mass is 484 g/mol. The molecule has 0 radical (unpaired) electrons. The highest BCUT2D eigenvalue weighted by Crippen LogP contribution is 2.25. The molecule has 0 saturated carbocycles. The number of hydrogen-bond donors (Lipinski definition) is 3. The number of anilines is 1. The van der Waals surface area contributed by atoms with Crippen LogP contribution in [-0.4, -0.2) is 49.5 Å². The Balaban J connectivity index is 1.48. The number of carbonyl (C=O) groups excluding carboxylic acids is 1. The van der Waals surface area contributed by atoms with Crippen LogP contribution in [0.2, 0.25) is 0 Å². The number of rotatable bonds is 10. The van der Waals surface area contributed by atoms with Gasteiger partial charge in [-0.1, -0.05) is 24.3 Å².